The lowest BCUT2D eigenvalue weighted by atomic mass is 9.99. The van der Waals surface area contributed by atoms with Crippen molar-refractivity contribution in [3.8, 4) is 5.75 Å². The van der Waals surface area contributed by atoms with Gasteiger partial charge in [0, 0.05) is 42.3 Å². The van der Waals surface area contributed by atoms with Crippen molar-refractivity contribution in [1.29, 1.82) is 0 Å². The van der Waals surface area contributed by atoms with Gasteiger partial charge in [-0.25, -0.2) is 0 Å². The predicted octanol–water partition coefficient (Wildman–Crippen LogP) is 3.27. The summed E-state index contributed by atoms with van der Waals surface area (Å²) in [6.07, 6.45) is 2.54. The van der Waals surface area contributed by atoms with Crippen LogP contribution in [0.4, 0.5) is 0 Å². The Hall–Kier alpha value is -0.100. The van der Waals surface area contributed by atoms with Gasteiger partial charge >= 0.3 is 0 Å². The highest BCUT2D eigenvalue weighted by Crippen LogP contribution is 2.50. The number of phenolic OH excluding ortho intramolecular Hbond substituents is 1. The summed E-state index contributed by atoms with van der Waals surface area (Å²) in [5.74, 6) is 1.08. The van der Waals surface area contributed by atoms with E-state index in [-0.39, 0.29) is 0 Å². The second kappa shape index (κ2) is 5.72. The SMILES string of the molecule is Oc1c(Br)ccc(Br)c1[C@H](C1CC1)N1CCNCC1. The highest BCUT2D eigenvalue weighted by atomic mass is 79.9. The molecule has 1 aromatic rings. The molecule has 0 bridgehead atoms. The molecular formula is C14H18Br2N2O. The van der Waals surface area contributed by atoms with Crippen LogP contribution in [-0.4, -0.2) is 36.2 Å². The second-order valence-corrected chi connectivity index (χ2v) is 7.07. The largest absolute Gasteiger partial charge is 0.506 e. The summed E-state index contributed by atoms with van der Waals surface area (Å²) in [6.45, 7) is 4.18. The van der Waals surface area contributed by atoms with Crippen molar-refractivity contribution in [2.24, 2.45) is 5.92 Å². The molecule has 1 saturated carbocycles. The number of phenols is 1. The summed E-state index contributed by atoms with van der Waals surface area (Å²) < 4.78 is 1.80. The first kappa shape index (κ1) is 13.9. The third-order valence-corrected chi connectivity index (χ3v) is 5.36. The van der Waals surface area contributed by atoms with Gasteiger partial charge in [0.2, 0.25) is 0 Å². The van der Waals surface area contributed by atoms with Crippen LogP contribution >= 0.6 is 31.9 Å². The molecule has 2 fully saturated rings. The Kier molecular flexibility index (Phi) is 4.17. The highest BCUT2D eigenvalue weighted by Gasteiger charge is 2.39. The molecule has 1 aromatic carbocycles. The van der Waals surface area contributed by atoms with Gasteiger partial charge in [0.25, 0.3) is 0 Å². The zero-order chi connectivity index (χ0) is 13.4. The lowest BCUT2D eigenvalue weighted by molar-refractivity contribution is 0.153. The van der Waals surface area contributed by atoms with Crippen molar-refractivity contribution in [3.63, 3.8) is 0 Å². The maximum absolute atomic E-state index is 10.4. The molecule has 104 valence electrons. The Morgan fingerprint density at radius 3 is 2.42 bits per heavy atom. The number of aromatic hydroxyl groups is 1. The minimum atomic E-state index is 0.342. The van der Waals surface area contributed by atoms with E-state index in [0.29, 0.717) is 17.7 Å². The van der Waals surface area contributed by atoms with Crippen LogP contribution in [0.2, 0.25) is 0 Å². The van der Waals surface area contributed by atoms with Gasteiger partial charge in [0.15, 0.2) is 0 Å². The Bertz CT molecular complexity index is 471. The molecule has 3 nitrogen and oxygen atoms in total. The van der Waals surface area contributed by atoms with E-state index in [1.165, 1.54) is 12.8 Å². The average molecular weight is 390 g/mol. The van der Waals surface area contributed by atoms with E-state index in [2.05, 4.69) is 42.1 Å². The molecule has 1 heterocycles. The summed E-state index contributed by atoms with van der Waals surface area (Å²) in [7, 11) is 0. The lowest BCUT2D eigenvalue weighted by Crippen LogP contribution is -2.45. The van der Waals surface area contributed by atoms with Gasteiger partial charge in [-0.3, -0.25) is 4.90 Å². The van der Waals surface area contributed by atoms with Gasteiger partial charge in [-0.2, -0.15) is 0 Å². The van der Waals surface area contributed by atoms with E-state index >= 15 is 0 Å². The predicted molar refractivity (Wildman–Crippen MR) is 83.4 cm³/mol. The Labute approximate surface area is 130 Å². The van der Waals surface area contributed by atoms with Crippen molar-refractivity contribution in [3.05, 3.63) is 26.6 Å². The molecule has 0 spiro atoms. The third-order valence-electron chi connectivity index (χ3n) is 4.02. The molecule has 2 aliphatic rings. The summed E-state index contributed by atoms with van der Waals surface area (Å²) >= 11 is 7.06. The Balaban J connectivity index is 1.97. The van der Waals surface area contributed by atoms with Crippen molar-refractivity contribution in [2.45, 2.75) is 18.9 Å². The standard InChI is InChI=1S/C14H18Br2N2O/c15-10-3-4-11(16)14(19)12(10)13(9-1-2-9)18-7-5-17-6-8-18/h3-4,9,13,17,19H,1-2,5-8H2/t13-/m0/s1. The van der Waals surface area contributed by atoms with Crippen molar-refractivity contribution in [2.75, 3.05) is 26.2 Å². The van der Waals surface area contributed by atoms with Gasteiger partial charge in [-0.15, -0.1) is 0 Å². The van der Waals surface area contributed by atoms with Gasteiger partial charge < -0.3 is 10.4 Å². The topological polar surface area (TPSA) is 35.5 Å². The number of piperazine rings is 1. The number of rotatable bonds is 3. The van der Waals surface area contributed by atoms with Gasteiger partial charge in [-0.1, -0.05) is 15.9 Å². The first-order valence-electron chi connectivity index (χ1n) is 6.80. The number of hydrogen-bond acceptors (Lipinski definition) is 3. The smallest absolute Gasteiger partial charge is 0.135 e. The van der Waals surface area contributed by atoms with Gasteiger partial charge in [0.1, 0.15) is 5.75 Å². The molecule has 0 unspecified atom stereocenters. The number of nitrogens with one attached hydrogen (secondary N) is 1. The van der Waals surface area contributed by atoms with Crippen LogP contribution in [0.3, 0.4) is 0 Å². The molecule has 2 N–H and O–H groups in total. The molecule has 5 heteroatoms. The van der Waals surface area contributed by atoms with Crippen LogP contribution < -0.4 is 5.32 Å². The molecule has 0 aromatic heterocycles. The fourth-order valence-corrected chi connectivity index (χ4v) is 3.83. The minimum Gasteiger partial charge on any atom is -0.506 e. The van der Waals surface area contributed by atoms with E-state index in [1.54, 1.807) is 0 Å². The molecule has 1 aliphatic heterocycles. The molecule has 0 amide bonds. The van der Waals surface area contributed by atoms with Crippen LogP contribution in [-0.2, 0) is 0 Å². The molecule has 3 rings (SSSR count). The Morgan fingerprint density at radius 2 is 1.79 bits per heavy atom. The van der Waals surface area contributed by atoms with Crippen LogP contribution in [0.15, 0.2) is 21.1 Å². The molecule has 0 radical (unpaired) electrons. The Morgan fingerprint density at radius 1 is 1.16 bits per heavy atom. The summed E-state index contributed by atoms with van der Waals surface area (Å²) in [4.78, 5) is 2.51. The van der Waals surface area contributed by atoms with E-state index in [9.17, 15) is 5.11 Å². The maximum atomic E-state index is 10.4. The van der Waals surface area contributed by atoms with Crippen LogP contribution in [0.1, 0.15) is 24.4 Å². The molecule has 1 atom stereocenters. The van der Waals surface area contributed by atoms with E-state index in [0.717, 1.165) is 40.7 Å². The zero-order valence-corrected chi connectivity index (χ0v) is 13.9. The molecule has 1 saturated heterocycles. The second-order valence-electron chi connectivity index (χ2n) is 5.36. The molecule has 19 heavy (non-hydrogen) atoms. The monoisotopic (exact) mass is 388 g/mol. The van der Waals surface area contributed by atoms with Gasteiger partial charge in [-0.05, 0) is 46.8 Å². The summed E-state index contributed by atoms with van der Waals surface area (Å²) in [5, 5.41) is 13.8. The first-order valence-corrected chi connectivity index (χ1v) is 8.38. The number of benzene rings is 1. The normalized spacial score (nSPS) is 22.4. The highest BCUT2D eigenvalue weighted by molar-refractivity contribution is 9.11. The fraction of sp³-hybridized carbons (Fsp3) is 0.571. The zero-order valence-electron chi connectivity index (χ0n) is 10.7. The van der Waals surface area contributed by atoms with Crippen molar-refractivity contribution >= 4 is 31.9 Å². The molecule has 1 aliphatic carbocycles. The van der Waals surface area contributed by atoms with E-state index in [1.807, 2.05) is 12.1 Å². The van der Waals surface area contributed by atoms with Crippen LogP contribution in [0.25, 0.3) is 0 Å². The van der Waals surface area contributed by atoms with E-state index < -0.39 is 0 Å². The molecular weight excluding hydrogens is 372 g/mol. The fourth-order valence-electron chi connectivity index (χ4n) is 2.93. The maximum Gasteiger partial charge on any atom is 0.135 e. The minimum absolute atomic E-state index is 0.342. The van der Waals surface area contributed by atoms with E-state index in [4.69, 9.17) is 0 Å². The number of nitrogens with zero attached hydrogens (tertiary/aromatic N) is 1. The third kappa shape index (κ3) is 2.84. The van der Waals surface area contributed by atoms with Crippen LogP contribution in [0.5, 0.6) is 5.75 Å². The van der Waals surface area contributed by atoms with Crippen molar-refractivity contribution < 1.29 is 5.11 Å². The summed E-state index contributed by atoms with van der Waals surface area (Å²) in [6, 6.07) is 4.26. The van der Waals surface area contributed by atoms with Crippen LogP contribution in [0, 0.1) is 5.92 Å². The quantitative estimate of drug-likeness (QED) is 0.832. The average Bonchev–Trinajstić information content (AvgIpc) is 3.24. The first-order chi connectivity index (χ1) is 9.18. The number of hydrogen-bond donors (Lipinski definition) is 2. The summed E-state index contributed by atoms with van der Waals surface area (Å²) in [5.41, 5.74) is 1.05. The van der Waals surface area contributed by atoms with Gasteiger partial charge in [0.05, 0.1) is 4.47 Å². The number of halogens is 2. The van der Waals surface area contributed by atoms with Crippen molar-refractivity contribution in [1.82, 2.24) is 10.2 Å². The lowest BCUT2D eigenvalue weighted by Gasteiger charge is -2.36.